The van der Waals surface area contributed by atoms with Gasteiger partial charge in [0.1, 0.15) is 18.1 Å². The molecule has 0 aliphatic carbocycles. The van der Waals surface area contributed by atoms with Crippen LogP contribution in [-0.2, 0) is 16.1 Å². The van der Waals surface area contributed by atoms with E-state index in [1.165, 1.54) is 23.0 Å². The molecule has 0 bridgehead atoms. The number of benzene rings is 3. The quantitative estimate of drug-likeness (QED) is 0.189. The number of halogens is 1. The van der Waals surface area contributed by atoms with E-state index in [1.54, 1.807) is 19.3 Å². The average Bonchev–Trinajstić information content (AvgIpc) is 2.92. The van der Waals surface area contributed by atoms with E-state index in [2.05, 4.69) is 15.6 Å². The van der Waals surface area contributed by atoms with Crippen LogP contribution in [0.25, 0.3) is 10.8 Å². The summed E-state index contributed by atoms with van der Waals surface area (Å²) in [6, 6.07) is 16.5. The van der Waals surface area contributed by atoms with Gasteiger partial charge in [0.05, 0.1) is 6.61 Å². The van der Waals surface area contributed by atoms with E-state index in [1.807, 2.05) is 50.2 Å². The molecule has 4 aromatic rings. The van der Waals surface area contributed by atoms with Crippen LogP contribution in [-0.4, -0.2) is 43.8 Å². The maximum atomic E-state index is 14.0. The zero-order valence-electron chi connectivity index (χ0n) is 22.5. The summed E-state index contributed by atoms with van der Waals surface area (Å²) in [5.41, 5.74) is 3.87. The Labute approximate surface area is 233 Å². The lowest BCUT2D eigenvalue weighted by atomic mass is 9.93. The molecule has 1 amide bonds. The summed E-state index contributed by atoms with van der Waals surface area (Å²) in [6.45, 7) is 4.17. The third-order valence-electron chi connectivity index (χ3n) is 6.59. The Hall–Kier alpha value is -4.44. The van der Waals surface area contributed by atoms with Crippen molar-refractivity contribution in [3.8, 4) is 0 Å². The number of nitrogens with zero attached hydrogens (tertiary/aromatic N) is 1. The zero-order chi connectivity index (χ0) is 28.8. The van der Waals surface area contributed by atoms with Gasteiger partial charge in [-0.25, -0.2) is 9.18 Å². The third kappa shape index (κ3) is 6.95. The van der Waals surface area contributed by atoms with Crippen LogP contribution in [0.4, 0.5) is 20.6 Å². The summed E-state index contributed by atoms with van der Waals surface area (Å²) in [6.07, 6.45) is 1.76. The van der Waals surface area contributed by atoms with Crippen molar-refractivity contribution in [2.75, 3.05) is 24.3 Å². The summed E-state index contributed by atoms with van der Waals surface area (Å²) in [5.74, 6) is -0.535. The summed E-state index contributed by atoms with van der Waals surface area (Å²) in [7, 11) is 7.23. The minimum absolute atomic E-state index is 0.118. The van der Waals surface area contributed by atoms with Crippen molar-refractivity contribution in [2.45, 2.75) is 32.4 Å². The van der Waals surface area contributed by atoms with Crippen LogP contribution in [0.5, 0.6) is 0 Å². The monoisotopic (exact) mass is 540 g/mol. The van der Waals surface area contributed by atoms with E-state index in [9.17, 15) is 18.8 Å². The van der Waals surface area contributed by atoms with Crippen LogP contribution in [0.3, 0.4) is 0 Å². The molecule has 8 nitrogen and oxygen atoms in total. The van der Waals surface area contributed by atoms with Gasteiger partial charge in [0, 0.05) is 41.0 Å². The number of carbonyl (C=O) groups excluding carboxylic acids is 2. The Balaban J connectivity index is 1.38. The second kappa shape index (κ2) is 12.6. The van der Waals surface area contributed by atoms with Crippen molar-refractivity contribution in [2.24, 2.45) is 0 Å². The highest BCUT2D eigenvalue weighted by molar-refractivity contribution is 6.04. The van der Waals surface area contributed by atoms with Gasteiger partial charge in [-0.1, -0.05) is 31.2 Å². The molecule has 0 aliphatic heterocycles. The molecule has 3 aromatic carbocycles. The molecular formula is C30H30BFN4O4. The first-order valence-corrected chi connectivity index (χ1v) is 12.8. The third-order valence-corrected chi connectivity index (χ3v) is 6.59. The molecule has 204 valence electrons. The number of hydrogen-bond acceptors (Lipinski definition) is 6. The highest BCUT2D eigenvalue weighted by Gasteiger charge is 2.16. The van der Waals surface area contributed by atoms with E-state index in [0.717, 1.165) is 28.4 Å². The first kappa shape index (κ1) is 28.6. The van der Waals surface area contributed by atoms with Crippen LogP contribution in [0.2, 0.25) is 0 Å². The highest BCUT2D eigenvalue weighted by Crippen LogP contribution is 2.26. The number of rotatable bonds is 10. The van der Waals surface area contributed by atoms with Crippen LogP contribution in [0, 0.1) is 12.7 Å². The van der Waals surface area contributed by atoms with Gasteiger partial charge in [-0.3, -0.25) is 10.1 Å². The largest absolute Gasteiger partial charge is 0.449 e. The van der Waals surface area contributed by atoms with Gasteiger partial charge in [-0.2, -0.15) is 0 Å². The second-order valence-electron chi connectivity index (χ2n) is 9.83. The Morgan fingerprint density at radius 1 is 1.12 bits per heavy atom. The van der Waals surface area contributed by atoms with Crippen LogP contribution >= 0.6 is 0 Å². The number of carbonyl (C=O) groups is 2. The van der Waals surface area contributed by atoms with Crippen LogP contribution in [0.15, 0.2) is 71.7 Å². The number of ether oxygens (including phenoxy) is 1. The zero-order valence-corrected chi connectivity index (χ0v) is 22.5. The molecule has 2 radical (unpaired) electrons. The molecule has 4 rings (SSSR count). The fourth-order valence-corrected chi connectivity index (χ4v) is 4.58. The number of aromatic amines is 1. The average molecular weight is 540 g/mol. The van der Waals surface area contributed by atoms with Crippen molar-refractivity contribution in [1.82, 2.24) is 9.79 Å². The van der Waals surface area contributed by atoms with Gasteiger partial charge in [-0.05, 0) is 72.4 Å². The van der Waals surface area contributed by atoms with Crippen molar-refractivity contribution in [3.05, 3.63) is 105 Å². The number of nitrogens with one attached hydrogen (secondary N) is 3. The summed E-state index contributed by atoms with van der Waals surface area (Å²) < 4.78 is 19.4. The smallest absolute Gasteiger partial charge is 0.411 e. The highest BCUT2D eigenvalue weighted by atomic mass is 19.1. The van der Waals surface area contributed by atoms with E-state index < -0.39 is 18.0 Å². The first-order valence-electron chi connectivity index (χ1n) is 12.8. The van der Waals surface area contributed by atoms with Gasteiger partial charge in [0.15, 0.2) is 7.98 Å². The van der Waals surface area contributed by atoms with E-state index >= 15 is 0 Å². The van der Waals surface area contributed by atoms with Crippen molar-refractivity contribution in [3.63, 3.8) is 0 Å². The standard InChI is InChI=1S/C30H30BFN4O4/c1-18-12-21(28(16-37)34-24-6-4-20-10-11-33-29(38)26(20)14-24)5-8-25(18)19(2)17-40-30(39)35-23-7-9-27(32)22(13-23)15-36(3)31/h4-14,16,19,28,34H,15,17H2,1-3H3,(H,33,38)(H,35,39)/t19-,28?/m0/s1. The number of anilines is 2. The fraction of sp³-hybridized carbons (Fsp3) is 0.233. The summed E-state index contributed by atoms with van der Waals surface area (Å²) >= 11 is 0. The lowest BCUT2D eigenvalue weighted by molar-refractivity contribution is -0.108. The Kier molecular flexibility index (Phi) is 9.01. The number of aryl methyl sites for hydroxylation is 1. The van der Waals surface area contributed by atoms with Gasteiger partial charge in [-0.15, -0.1) is 0 Å². The predicted molar refractivity (Wildman–Crippen MR) is 155 cm³/mol. The summed E-state index contributed by atoms with van der Waals surface area (Å²) in [5, 5.41) is 7.15. The SMILES string of the molecule is [B]N(C)Cc1cc(NC(=O)OC[C@H](C)c2ccc(C(C=O)Nc3ccc4cc[nH]c(=O)c4c3)cc2C)ccc1F. The molecule has 0 aliphatic rings. The molecule has 1 aromatic heterocycles. The van der Waals surface area contributed by atoms with Crippen LogP contribution < -0.4 is 16.2 Å². The maximum Gasteiger partial charge on any atom is 0.411 e. The predicted octanol–water partition coefficient (Wildman–Crippen LogP) is 5.20. The van der Waals surface area contributed by atoms with Gasteiger partial charge in [0.2, 0.25) is 0 Å². The number of pyridine rings is 1. The number of amides is 1. The molecule has 0 saturated carbocycles. The normalized spacial score (nSPS) is 12.6. The van der Waals surface area contributed by atoms with E-state index in [0.29, 0.717) is 22.3 Å². The number of H-pyrrole nitrogens is 1. The Bertz CT molecular complexity index is 1590. The van der Waals surface area contributed by atoms with Crippen LogP contribution in [0.1, 0.15) is 41.1 Å². The molecule has 3 N–H and O–H groups in total. The molecule has 0 fully saturated rings. The number of fused-ring (bicyclic) bond motifs is 1. The Morgan fingerprint density at radius 3 is 2.62 bits per heavy atom. The van der Waals surface area contributed by atoms with Crippen molar-refractivity contribution >= 4 is 42.5 Å². The molecule has 1 heterocycles. The van der Waals surface area contributed by atoms with E-state index in [-0.39, 0.29) is 24.6 Å². The Morgan fingerprint density at radius 2 is 1.90 bits per heavy atom. The lowest BCUT2D eigenvalue weighted by Crippen LogP contribution is -2.18. The second-order valence-corrected chi connectivity index (χ2v) is 9.83. The molecule has 2 atom stereocenters. The topological polar surface area (TPSA) is 104 Å². The number of aromatic nitrogens is 1. The first-order chi connectivity index (χ1) is 19.1. The minimum Gasteiger partial charge on any atom is -0.449 e. The lowest BCUT2D eigenvalue weighted by Gasteiger charge is -2.19. The summed E-state index contributed by atoms with van der Waals surface area (Å²) in [4.78, 5) is 40.5. The molecule has 40 heavy (non-hydrogen) atoms. The number of hydrogen-bond donors (Lipinski definition) is 3. The van der Waals surface area contributed by atoms with Gasteiger partial charge >= 0.3 is 6.09 Å². The minimum atomic E-state index is -0.653. The van der Waals surface area contributed by atoms with Gasteiger partial charge in [0.25, 0.3) is 5.56 Å². The van der Waals surface area contributed by atoms with Crippen molar-refractivity contribution in [1.29, 1.82) is 0 Å². The molecular weight excluding hydrogens is 510 g/mol. The number of aldehydes is 1. The molecule has 10 heteroatoms. The molecule has 0 saturated heterocycles. The molecule has 0 spiro atoms. The van der Waals surface area contributed by atoms with Crippen molar-refractivity contribution < 1.29 is 18.7 Å². The van der Waals surface area contributed by atoms with Gasteiger partial charge < -0.3 is 24.6 Å². The van der Waals surface area contributed by atoms with E-state index in [4.69, 9.17) is 12.7 Å². The fourth-order valence-electron chi connectivity index (χ4n) is 4.58. The maximum absolute atomic E-state index is 14.0. The molecule has 1 unspecified atom stereocenters.